The average molecular weight is 223 g/mol. The molecule has 0 aliphatic rings. The Morgan fingerprint density at radius 1 is 1.25 bits per heavy atom. The molecular weight excluding hydrogens is 202 g/mol. The SMILES string of the molecule is CCCc1[nH]c(CC)c(C)c1C(=O)OCC. The van der Waals surface area contributed by atoms with Crippen LogP contribution in [0.2, 0.25) is 0 Å². The number of aryl methyl sites for hydroxylation is 2. The minimum absolute atomic E-state index is 0.195. The zero-order valence-corrected chi connectivity index (χ0v) is 10.6. The Morgan fingerprint density at radius 2 is 1.94 bits per heavy atom. The zero-order valence-electron chi connectivity index (χ0n) is 10.6. The van der Waals surface area contributed by atoms with E-state index in [0.29, 0.717) is 6.61 Å². The first-order valence-corrected chi connectivity index (χ1v) is 6.03. The molecule has 16 heavy (non-hydrogen) atoms. The van der Waals surface area contributed by atoms with Gasteiger partial charge in [-0.05, 0) is 32.3 Å². The van der Waals surface area contributed by atoms with Crippen molar-refractivity contribution in [2.45, 2.75) is 47.0 Å². The maximum atomic E-state index is 11.8. The number of carbonyl (C=O) groups is 1. The van der Waals surface area contributed by atoms with Gasteiger partial charge in [0, 0.05) is 11.4 Å². The second-order valence-corrected chi connectivity index (χ2v) is 3.91. The first kappa shape index (κ1) is 12.8. The average Bonchev–Trinajstić information content (AvgIpc) is 2.56. The first-order valence-electron chi connectivity index (χ1n) is 6.03. The number of rotatable bonds is 5. The molecule has 0 bridgehead atoms. The van der Waals surface area contributed by atoms with Crippen molar-refractivity contribution in [1.29, 1.82) is 0 Å². The predicted molar refractivity (Wildman–Crippen MR) is 64.9 cm³/mol. The maximum absolute atomic E-state index is 11.8. The molecule has 0 aliphatic heterocycles. The van der Waals surface area contributed by atoms with Crippen molar-refractivity contribution in [1.82, 2.24) is 4.98 Å². The molecule has 0 saturated carbocycles. The number of esters is 1. The van der Waals surface area contributed by atoms with Crippen LogP contribution in [0.15, 0.2) is 0 Å². The molecule has 3 nitrogen and oxygen atoms in total. The van der Waals surface area contributed by atoms with Crippen LogP contribution >= 0.6 is 0 Å². The molecule has 1 aromatic rings. The lowest BCUT2D eigenvalue weighted by Crippen LogP contribution is -2.08. The summed E-state index contributed by atoms with van der Waals surface area (Å²) in [6, 6.07) is 0. The van der Waals surface area contributed by atoms with Crippen LogP contribution in [0.5, 0.6) is 0 Å². The third-order valence-electron chi connectivity index (χ3n) is 2.76. The predicted octanol–water partition coefficient (Wildman–Crippen LogP) is 3.01. The highest BCUT2D eigenvalue weighted by molar-refractivity contribution is 5.93. The molecule has 1 heterocycles. The number of carbonyl (C=O) groups excluding carboxylic acids is 1. The molecule has 90 valence electrons. The van der Waals surface area contributed by atoms with Crippen molar-refractivity contribution in [2.75, 3.05) is 6.61 Å². The summed E-state index contributed by atoms with van der Waals surface area (Å²) in [7, 11) is 0. The quantitative estimate of drug-likeness (QED) is 0.780. The highest BCUT2D eigenvalue weighted by Crippen LogP contribution is 2.21. The number of ether oxygens (including phenoxy) is 1. The van der Waals surface area contributed by atoms with Crippen molar-refractivity contribution < 1.29 is 9.53 Å². The van der Waals surface area contributed by atoms with Crippen molar-refractivity contribution in [3.05, 3.63) is 22.5 Å². The van der Waals surface area contributed by atoms with Gasteiger partial charge < -0.3 is 9.72 Å². The Labute approximate surface area is 97.2 Å². The van der Waals surface area contributed by atoms with E-state index in [1.54, 1.807) is 0 Å². The Balaban J connectivity index is 3.11. The van der Waals surface area contributed by atoms with Crippen molar-refractivity contribution in [3.8, 4) is 0 Å². The van der Waals surface area contributed by atoms with Crippen LogP contribution in [0.25, 0.3) is 0 Å². The van der Waals surface area contributed by atoms with E-state index in [1.807, 2.05) is 13.8 Å². The highest BCUT2D eigenvalue weighted by Gasteiger charge is 2.19. The van der Waals surface area contributed by atoms with Gasteiger partial charge in [-0.1, -0.05) is 20.3 Å². The molecule has 0 saturated heterocycles. The van der Waals surface area contributed by atoms with Crippen LogP contribution in [0.3, 0.4) is 0 Å². The fourth-order valence-corrected chi connectivity index (χ4v) is 1.99. The molecule has 0 spiro atoms. The lowest BCUT2D eigenvalue weighted by molar-refractivity contribution is 0.0524. The van der Waals surface area contributed by atoms with Gasteiger partial charge in [0.1, 0.15) is 0 Å². The van der Waals surface area contributed by atoms with Gasteiger partial charge in [-0.25, -0.2) is 4.79 Å². The second-order valence-electron chi connectivity index (χ2n) is 3.91. The Kier molecular flexibility index (Phi) is 4.59. The van der Waals surface area contributed by atoms with Crippen LogP contribution in [-0.4, -0.2) is 17.6 Å². The lowest BCUT2D eigenvalue weighted by Gasteiger charge is -2.04. The summed E-state index contributed by atoms with van der Waals surface area (Å²) in [5, 5.41) is 0. The van der Waals surface area contributed by atoms with E-state index >= 15 is 0 Å². The van der Waals surface area contributed by atoms with Gasteiger partial charge in [0.05, 0.1) is 12.2 Å². The second kappa shape index (κ2) is 5.73. The first-order chi connectivity index (χ1) is 7.65. The number of hydrogen-bond acceptors (Lipinski definition) is 2. The van der Waals surface area contributed by atoms with Gasteiger partial charge in [-0.15, -0.1) is 0 Å². The molecule has 0 aromatic carbocycles. The molecule has 0 aliphatic carbocycles. The minimum Gasteiger partial charge on any atom is -0.462 e. The fourth-order valence-electron chi connectivity index (χ4n) is 1.99. The molecule has 0 atom stereocenters. The highest BCUT2D eigenvalue weighted by atomic mass is 16.5. The fraction of sp³-hybridized carbons (Fsp3) is 0.615. The normalized spacial score (nSPS) is 10.5. The van der Waals surface area contributed by atoms with E-state index in [9.17, 15) is 4.79 Å². The van der Waals surface area contributed by atoms with Gasteiger partial charge >= 0.3 is 5.97 Å². The summed E-state index contributed by atoms with van der Waals surface area (Å²) in [4.78, 5) is 15.2. The van der Waals surface area contributed by atoms with Crippen LogP contribution < -0.4 is 0 Å². The standard InChI is InChI=1S/C13H21NO2/c1-5-8-11-12(13(15)16-7-3)9(4)10(6-2)14-11/h14H,5-8H2,1-4H3. The van der Waals surface area contributed by atoms with Gasteiger partial charge in [-0.2, -0.15) is 0 Å². The number of aromatic nitrogens is 1. The van der Waals surface area contributed by atoms with Crippen LogP contribution in [0, 0.1) is 6.92 Å². The summed E-state index contributed by atoms with van der Waals surface area (Å²) >= 11 is 0. The summed E-state index contributed by atoms with van der Waals surface area (Å²) in [5.74, 6) is -0.195. The molecule has 1 N–H and O–H groups in total. The Hall–Kier alpha value is -1.25. The minimum atomic E-state index is -0.195. The zero-order chi connectivity index (χ0) is 12.1. The van der Waals surface area contributed by atoms with Crippen molar-refractivity contribution >= 4 is 5.97 Å². The summed E-state index contributed by atoms with van der Waals surface area (Å²) in [5.41, 5.74) is 3.96. The summed E-state index contributed by atoms with van der Waals surface area (Å²) in [6.07, 6.45) is 2.84. The molecule has 3 heteroatoms. The van der Waals surface area contributed by atoms with Crippen LogP contribution in [0.4, 0.5) is 0 Å². The third-order valence-corrected chi connectivity index (χ3v) is 2.76. The van der Waals surface area contributed by atoms with Gasteiger partial charge in [0.15, 0.2) is 0 Å². The van der Waals surface area contributed by atoms with E-state index < -0.39 is 0 Å². The number of H-pyrrole nitrogens is 1. The molecule has 1 aromatic heterocycles. The molecule has 0 unspecified atom stereocenters. The Bertz CT molecular complexity index is 366. The van der Waals surface area contributed by atoms with Gasteiger partial charge in [0.2, 0.25) is 0 Å². The summed E-state index contributed by atoms with van der Waals surface area (Å²) < 4.78 is 5.09. The Morgan fingerprint density at radius 3 is 2.44 bits per heavy atom. The van der Waals surface area contributed by atoms with E-state index in [4.69, 9.17) is 4.74 Å². The van der Waals surface area contributed by atoms with E-state index in [2.05, 4.69) is 18.8 Å². The number of aromatic amines is 1. The van der Waals surface area contributed by atoms with Crippen LogP contribution in [0.1, 0.15) is 54.5 Å². The molecule has 0 fully saturated rings. The lowest BCUT2D eigenvalue weighted by atomic mass is 10.1. The van der Waals surface area contributed by atoms with Gasteiger partial charge in [-0.3, -0.25) is 0 Å². The van der Waals surface area contributed by atoms with Gasteiger partial charge in [0.25, 0.3) is 0 Å². The van der Waals surface area contributed by atoms with E-state index in [0.717, 1.165) is 41.8 Å². The summed E-state index contributed by atoms with van der Waals surface area (Å²) in [6.45, 7) is 8.44. The monoisotopic (exact) mass is 223 g/mol. The maximum Gasteiger partial charge on any atom is 0.340 e. The molecule has 1 rings (SSSR count). The largest absolute Gasteiger partial charge is 0.462 e. The molecular formula is C13H21NO2. The van der Waals surface area contributed by atoms with E-state index in [-0.39, 0.29) is 5.97 Å². The molecule has 0 amide bonds. The van der Waals surface area contributed by atoms with E-state index in [1.165, 1.54) is 0 Å². The van der Waals surface area contributed by atoms with Crippen molar-refractivity contribution in [3.63, 3.8) is 0 Å². The number of nitrogens with one attached hydrogen (secondary N) is 1. The third kappa shape index (κ3) is 2.46. The topological polar surface area (TPSA) is 42.1 Å². The van der Waals surface area contributed by atoms with Crippen molar-refractivity contribution in [2.24, 2.45) is 0 Å². The molecule has 0 radical (unpaired) electrons. The smallest absolute Gasteiger partial charge is 0.340 e. The number of hydrogen-bond donors (Lipinski definition) is 1. The van der Waals surface area contributed by atoms with Crippen LogP contribution in [-0.2, 0) is 17.6 Å².